The van der Waals surface area contributed by atoms with Crippen LogP contribution in [0.1, 0.15) is 19.8 Å². The summed E-state index contributed by atoms with van der Waals surface area (Å²) < 4.78 is 0. The molecular formula is C14H30N4. The van der Waals surface area contributed by atoms with Crippen LogP contribution < -0.4 is 5.73 Å². The second kappa shape index (κ2) is 6.85. The number of hydrogen-bond donors (Lipinski definition) is 1. The summed E-state index contributed by atoms with van der Waals surface area (Å²) in [5, 5.41) is 0. The summed E-state index contributed by atoms with van der Waals surface area (Å²) in [6.07, 6.45) is 2.65. The molecule has 0 saturated carbocycles. The smallest absolute Gasteiger partial charge is 0.0110 e. The Balaban J connectivity index is 1.67. The van der Waals surface area contributed by atoms with Gasteiger partial charge in [-0.3, -0.25) is 4.90 Å². The molecule has 2 saturated heterocycles. The van der Waals surface area contributed by atoms with Crippen molar-refractivity contribution in [3.63, 3.8) is 0 Å². The van der Waals surface area contributed by atoms with Crippen LogP contribution in [0.4, 0.5) is 0 Å². The van der Waals surface area contributed by atoms with Crippen molar-refractivity contribution in [3.05, 3.63) is 0 Å². The second-order valence-electron chi connectivity index (χ2n) is 6.21. The molecule has 4 nitrogen and oxygen atoms in total. The van der Waals surface area contributed by atoms with Crippen LogP contribution in [0.15, 0.2) is 0 Å². The van der Waals surface area contributed by atoms with Gasteiger partial charge in [0.2, 0.25) is 0 Å². The van der Waals surface area contributed by atoms with Crippen LogP contribution >= 0.6 is 0 Å². The van der Waals surface area contributed by atoms with Crippen molar-refractivity contribution in [2.24, 2.45) is 11.7 Å². The Morgan fingerprint density at radius 1 is 1.06 bits per heavy atom. The van der Waals surface area contributed by atoms with Crippen molar-refractivity contribution in [1.82, 2.24) is 14.7 Å². The van der Waals surface area contributed by atoms with E-state index >= 15 is 0 Å². The molecule has 2 atom stereocenters. The van der Waals surface area contributed by atoms with E-state index in [1.165, 1.54) is 65.2 Å². The maximum Gasteiger partial charge on any atom is 0.0110 e. The van der Waals surface area contributed by atoms with Gasteiger partial charge >= 0.3 is 0 Å². The molecule has 0 aromatic carbocycles. The Morgan fingerprint density at radius 3 is 2.39 bits per heavy atom. The average molecular weight is 254 g/mol. The number of piperazine rings is 1. The van der Waals surface area contributed by atoms with Crippen molar-refractivity contribution < 1.29 is 0 Å². The number of rotatable bonds is 4. The minimum absolute atomic E-state index is 0.358. The van der Waals surface area contributed by atoms with Crippen molar-refractivity contribution in [2.75, 3.05) is 59.4 Å². The van der Waals surface area contributed by atoms with Gasteiger partial charge in [-0.15, -0.1) is 0 Å². The molecule has 2 rings (SSSR count). The highest BCUT2D eigenvalue weighted by Gasteiger charge is 2.23. The van der Waals surface area contributed by atoms with E-state index in [1.54, 1.807) is 0 Å². The molecule has 2 aliphatic heterocycles. The zero-order chi connectivity index (χ0) is 13.0. The maximum absolute atomic E-state index is 6.04. The summed E-state index contributed by atoms with van der Waals surface area (Å²) in [7, 11) is 2.22. The van der Waals surface area contributed by atoms with Gasteiger partial charge in [-0.05, 0) is 39.3 Å². The van der Waals surface area contributed by atoms with E-state index < -0.39 is 0 Å². The third-order valence-electron chi connectivity index (χ3n) is 4.61. The average Bonchev–Trinajstić information content (AvgIpc) is 2.38. The molecule has 4 heteroatoms. The van der Waals surface area contributed by atoms with Gasteiger partial charge in [0, 0.05) is 51.9 Å². The summed E-state index contributed by atoms with van der Waals surface area (Å²) in [6, 6.07) is 0.358. The first-order valence-electron chi connectivity index (χ1n) is 7.54. The molecule has 0 aromatic heterocycles. The minimum Gasteiger partial charge on any atom is -0.328 e. The van der Waals surface area contributed by atoms with E-state index in [1.807, 2.05) is 0 Å². The molecule has 18 heavy (non-hydrogen) atoms. The Kier molecular flexibility index (Phi) is 5.42. The lowest BCUT2D eigenvalue weighted by Gasteiger charge is -2.37. The normalized spacial score (nSPS) is 30.5. The fourth-order valence-electron chi connectivity index (χ4n) is 3.08. The van der Waals surface area contributed by atoms with Crippen molar-refractivity contribution in [1.29, 1.82) is 0 Å². The molecular weight excluding hydrogens is 224 g/mol. The summed E-state index contributed by atoms with van der Waals surface area (Å²) in [5.41, 5.74) is 6.04. The van der Waals surface area contributed by atoms with Crippen LogP contribution in [-0.2, 0) is 0 Å². The fourth-order valence-corrected chi connectivity index (χ4v) is 3.08. The number of piperidine rings is 1. The quantitative estimate of drug-likeness (QED) is 0.782. The number of hydrogen-bond acceptors (Lipinski definition) is 4. The van der Waals surface area contributed by atoms with Crippen LogP contribution in [0.2, 0.25) is 0 Å². The summed E-state index contributed by atoms with van der Waals surface area (Å²) >= 11 is 0. The zero-order valence-corrected chi connectivity index (χ0v) is 12.1. The minimum atomic E-state index is 0.358. The van der Waals surface area contributed by atoms with Gasteiger partial charge in [0.25, 0.3) is 0 Å². The third kappa shape index (κ3) is 4.19. The molecule has 2 unspecified atom stereocenters. The molecule has 0 spiro atoms. The van der Waals surface area contributed by atoms with Gasteiger partial charge in [0.1, 0.15) is 0 Å². The highest BCUT2D eigenvalue weighted by molar-refractivity contribution is 4.79. The first kappa shape index (κ1) is 14.3. The number of nitrogens with two attached hydrogens (primary N) is 1. The molecule has 0 amide bonds. The third-order valence-corrected chi connectivity index (χ3v) is 4.61. The first-order chi connectivity index (χ1) is 8.65. The van der Waals surface area contributed by atoms with Crippen LogP contribution in [0.5, 0.6) is 0 Å². The molecule has 2 heterocycles. The van der Waals surface area contributed by atoms with Crippen LogP contribution in [0, 0.1) is 5.92 Å². The lowest BCUT2D eigenvalue weighted by atomic mass is 9.92. The van der Waals surface area contributed by atoms with Gasteiger partial charge in [0.15, 0.2) is 0 Å². The molecule has 2 aliphatic rings. The summed E-state index contributed by atoms with van der Waals surface area (Å²) in [5.74, 6) is 0.714. The topological polar surface area (TPSA) is 35.7 Å². The molecule has 0 aromatic rings. The monoisotopic (exact) mass is 254 g/mol. The first-order valence-corrected chi connectivity index (χ1v) is 7.54. The lowest BCUT2D eigenvalue weighted by molar-refractivity contribution is 0.112. The van der Waals surface area contributed by atoms with Gasteiger partial charge in [-0.25, -0.2) is 0 Å². The Labute approximate surface area is 112 Å². The van der Waals surface area contributed by atoms with Gasteiger partial charge in [0.05, 0.1) is 0 Å². The van der Waals surface area contributed by atoms with Gasteiger partial charge < -0.3 is 15.5 Å². The van der Waals surface area contributed by atoms with Gasteiger partial charge in [-0.1, -0.05) is 0 Å². The van der Waals surface area contributed by atoms with E-state index in [2.05, 4.69) is 28.7 Å². The SMILES string of the molecule is CC(N)C1CCCN(CCN2CCN(C)CC2)C1. The lowest BCUT2D eigenvalue weighted by Crippen LogP contribution is -2.49. The standard InChI is InChI=1S/C14H30N4/c1-13(15)14-4-3-5-18(12-14)11-10-17-8-6-16(2)7-9-17/h13-14H,3-12,15H2,1-2H3. The largest absolute Gasteiger partial charge is 0.328 e. The van der Waals surface area contributed by atoms with E-state index in [9.17, 15) is 0 Å². The van der Waals surface area contributed by atoms with Crippen molar-refractivity contribution >= 4 is 0 Å². The van der Waals surface area contributed by atoms with Gasteiger partial charge in [-0.2, -0.15) is 0 Å². The molecule has 0 radical (unpaired) electrons. The molecule has 106 valence electrons. The number of likely N-dealkylation sites (N-methyl/N-ethyl adjacent to an activating group) is 1. The Hall–Kier alpha value is -0.160. The molecule has 0 aliphatic carbocycles. The fraction of sp³-hybridized carbons (Fsp3) is 1.00. The number of nitrogens with zero attached hydrogens (tertiary/aromatic N) is 3. The Morgan fingerprint density at radius 2 is 1.72 bits per heavy atom. The highest BCUT2D eigenvalue weighted by atomic mass is 15.3. The predicted molar refractivity (Wildman–Crippen MR) is 76.8 cm³/mol. The van der Waals surface area contributed by atoms with Crippen molar-refractivity contribution in [3.8, 4) is 0 Å². The Bertz CT molecular complexity index is 236. The van der Waals surface area contributed by atoms with E-state index in [-0.39, 0.29) is 0 Å². The van der Waals surface area contributed by atoms with Crippen LogP contribution in [0.25, 0.3) is 0 Å². The predicted octanol–water partition coefficient (Wildman–Crippen LogP) is 0.293. The number of likely N-dealkylation sites (tertiary alicyclic amines) is 1. The van der Waals surface area contributed by atoms with E-state index in [0.717, 1.165) is 0 Å². The maximum atomic E-state index is 6.04. The van der Waals surface area contributed by atoms with Crippen LogP contribution in [0.3, 0.4) is 0 Å². The zero-order valence-electron chi connectivity index (χ0n) is 12.1. The highest BCUT2D eigenvalue weighted by Crippen LogP contribution is 2.18. The molecule has 2 fully saturated rings. The summed E-state index contributed by atoms with van der Waals surface area (Å²) in [6.45, 7) is 12.0. The van der Waals surface area contributed by atoms with Crippen LogP contribution in [-0.4, -0.2) is 80.1 Å². The molecule has 2 N–H and O–H groups in total. The van der Waals surface area contributed by atoms with E-state index in [4.69, 9.17) is 5.73 Å². The molecule has 0 bridgehead atoms. The summed E-state index contributed by atoms with van der Waals surface area (Å²) in [4.78, 5) is 7.65. The van der Waals surface area contributed by atoms with Crippen molar-refractivity contribution in [2.45, 2.75) is 25.8 Å². The second-order valence-corrected chi connectivity index (χ2v) is 6.21. The van der Waals surface area contributed by atoms with E-state index in [0.29, 0.717) is 12.0 Å².